The second-order valence-corrected chi connectivity index (χ2v) is 12.5. The van der Waals surface area contributed by atoms with Crippen LogP contribution in [0.4, 0.5) is 0 Å². The normalized spacial score (nSPS) is 18.7. The van der Waals surface area contributed by atoms with E-state index in [4.69, 9.17) is 11.1 Å². The molecule has 5 rings (SSSR count). The molecule has 0 unspecified atom stereocenters. The van der Waals surface area contributed by atoms with Crippen LogP contribution in [0, 0.1) is 11.3 Å². The van der Waals surface area contributed by atoms with Gasteiger partial charge in [-0.15, -0.1) is 0 Å². The molecule has 0 aromatic heterocycles. The van der Waals surface area contributed by atoms with Crippen molar-refractivity contribution in [1.82, 2.24) is 9.80 Å². The number of nitrogens with zero attached hydrogens (tertiary/aromatic N) is 2. The molecule has 0 saturated carbocycles. The van der Waals surface area contributed by atoms with Gasteiger partial charge in [-0.05, 0) is 92.3 Å². The zero-order chi connectivity index (χ0) is 31.1. The van der Waals surface area contributed by atoms with Gasteiger partial charge in [-0.2, -0.15) is 0 Å². The predicted octanol–water partition coefficient (Wildman–Crippen LogP) is 7.21. The second kappa shape index (κ2) is 14.7. The lowest BCUT2D eigenvalue weighted by Gasteiger charge is -2.24. The fraction of sp³-hybridized carbons (Fsp3) is 0.447. The number of carbonyl (C=O) groups is 2. The van der Waals surface area contributed by atoms with E-state index in [2.05, 4.69) is 59.5 Å². The van der Waals surface area contributed by atoms with Crippen LogP contribution < -0.4 is 5.73 Å². The van der Waals surface area contributed by atoms with E-state index < -0.39 is 0 Å². The molecule has 3 N–H and O–H groups in total. The number of benzene rings is 3. The van der Waals surface area contributed by atoms with Crippen LogP contribution in [0.5, 0.6) is 0 Å². The van der Waals surface area contributed by atoms with Gasteiger partial charge in [0.1, 0.15) is 0 Å². The summed E-state index contributed by atoms with van der Waals surface area (Å²) < 4.78 is 0. The molecule has 1 aliphatic heterocycles. The third-order valence-electron chi connectivity index (χ3n) is 9.69. The second-order valence-electron chi connectivity index (χ2n) is 12.5. The molecule has 2 aliphatic rings. The van der Waals surface area contributed by atoms with Crippen molar-refractivity contribution in [3.63, 3.8) is 0 Å². The van der Waals surface area contributed by atoms with E-state index in [1.807, 2.05) is 36.9 Å². The first-order valence-corrected chi connectivity index (χ1v) is 16.6. The number of carbonyl (C=O) groups excluding carboxylic acids is 2. The summed E-state index contributed by atoms with van der Waals surface area (Å²) in [5, 5.41) is 7.58. The van der Waals surface area contributed by atoms with Crippen LogP contribution in [0.15, 0.2) is 72.8 Å². The number of amidine groups is 1. The van der Waals surface area contributed by atoms with Gasteiger partial charge < -0.3 is 15.5 Å². The van der Waals surface area contributed by atoms with Gasteiger partial charge in [0, 0.05) is 49.5 Å². The summed E-state index contributed by atoms with van der Waals surface area (Å²) >= 11 is 0. The Morgan fingerprint density at radius 3 is 2.43 bits per heavy atom. The standard InChI is InChI=1S/C38H48N4O2/c1-3-41(4-2)37(43)30-18-13-17-28(24-30)29-21-22-32-31(25-29)26-34-36(32)33(19-10-11-20-35(39)40)38(44)42(34)23-12-6-9-16-27-14-7-5-8-15-27/h5,7-8,13-15,17-18,21-22,24-25,33-34,36H,3-4,6,9-12,16,19-20,23,26H2,1-2H3,(H3,39,40)/t33-,34+,36-/m0/s1. The quantitative estimate of drug-likeness (QED) is 0.111. The molecule has 232 valence electrons. The summed E-state index contributed by atoms with van der Waals surface area (Å²) in [6.45, 7) is 6.23. The minimum absolute atomic E-state index is 0.0154. The first kappa shape index (κ1) is 31.5. The summed E-state index contributed by atoms with van der Waals surface area (Å²) in [7, 11) is 0. The maximum atomic E-state index is 13.9. The third kappa shape index (κ3) is 7.06. The molecule has 2 amide bonds. The van der Waals surface area contributed by atoms with Gasteiger partial charge in [-0.25, -0.2) is 0 Å². The molecule has 0 spiro atoms. The number of likely N-dealkylation sites (tertiary alicyclic amines) is 1. The average molecular weight is 593 g/mol. The number of amides is 2. The Morgan fingerprint density at radius 2 is 1.68 bits per heavy atom. The highest BCUT2D eigenvalue weighted by molar-refractivity contribution is 5.95. The summed E-state index contributed by atoms with van der Waals surface area (Å²) in [6, 6.07) is 25.5. The lowest BCUT2D eigenvalue weighted by molar-refractivity contribution is -0.132. The van der Waals surface area contributed by atoms with E-state index in [9.17, 15) is 9.59 Å². The Labute approximate surface area is 263 Å². The van der Waals surface area contributed by atoms with Crippen molar-refractivity contribution in [1.29, 1.82) is 5.41 Å². The van der Waals surface area contributed by atoms with E-state index in [-0.39, 0.29) is 29.6 Å². The number of hydrogen-bond acceptors (Lipinski definition) is 3. The fourth-order valence-electron chi connectivity index (χ4n) is 7.38. The molecule has 1 saturated heterocycles. The molecule has 3 atom stereocenters. The molecule has 1 fully saturated rings. The van der Waals surface area contributed by atoms with E-state index >= 15 is 0 Å². The number of nitrogens with one attached hydrogen (secondary N) is 1. The molecule has 0 bridgehead atoms. The van der Waals surface area contributed by atoms with E-state index in [0.717, 1.165) is 74.6 Å². The van der Waals surface area contributed by atoms with E-state index in [1.165, 1.54) is 16.7 Å². The van der Waals surface area contributed by atoms with Gasteiger partial charge in [-0.3, -0.25) is 15.0 Å². The predicted molar refractivity (Wildman–Crippen MR) is 179 cm³/mol. The van der Waals surface area contributed by atoms with Crippen LogP contribution in [-0.2, 0) is 17.6 Å². The van der Waals surface area contributed by atoms with Crippen LogP contribution in [0.1, 0.15) is 91.8 Å². The van der Waals surface area contributed by atoms with E-state index in [0.29, 0.717) is 25.4 Å². The topological polar surface area (TPSA) is 90.5 Å². The third-order valence-corrected chi connectivity index (χ3v) is 9.69. The van der Waals surface area contributed by atoms with Crippen LogP contribution in [0.25, 0.3) is 11.1 Å². The Kier molecular flexibility index (Phi) is 10.5. The SMILES string of the molecule is CCN(CC)C(=O)c1cccc(-c2ccc3c(c2)C[C@@H]2[C@@H]3[C@H](CCCCC(=N)N)C(=O)N2CCCCCc2ccccc2)c1. The lowest BCUT2D eigenvalue weighted by atomic mass is 9.84. The van der Waals surface area contributed by atoms with Gasteiger partial charge in [0.15, 0.2) is 0 Å². The highest BCUT2D eigenvalue weighted by Gasteiger charge is 2.51. The van der Waals surface area contributed by atoms with Crippen molar-refractivity contribution in [2.24, 2.45) is 11.7 Å². The number of nitrogens with two attached hydrogens (primary N) is 1. The average Bonchev–Trinajstić information content (AvgIpc) is 3.53. The van der Waals surface area contributed by atoms with Crippen LogP contribution in [-0.4, -0.2) is 53.1 Å². The molecule has 3 aromatic rings. The largest absolute Gasteiger partial charge is 0.388 e. The highest BCUT2D eigenvalue weighted by atomic mass is 16.2. The fourth-order valence-corrected chi connectivity index (χ4v) is 7.38. The number of rotatable bonds is 15. The Bertz CT molecular complexity index is 1450. The van der Waals surface area contributed by atoms with Crippen LogP contribution in [0.3, 0.4) is 0 Å². The molecule has 0 radical (unpaired) electrons. The van der Waals surface area contributed by atoms with Crippen molar-refractivity contribution in [2.45, 2.75) is 83.6 Å². The zero-order valence-corrected chi connectivity index (χ0v) is 26.4. The van der Waals surface area contributed by atoms with Crippen LogP contribution >= 0.6 is 0 Å². The van der Waals surface area contributed by atoms with E-state index in [1.54, 1.807) is 0 Å². The maximum absolute atomic E-state index is 13.9. The van der Waals surface area contributed by atoms with Gasteiger partial charge in [0.2, 0.25) is 5.91 Å². The molecule has 6 nitrogen and oxygen atoms in total. The molecular formula is C38H48N4O2. The number of fused-ring (bicyclic) bond motifs is 3. The highest BCUT2D eigenvalue weighted by Crippen LogP contribution is 2.49. The van der Waals surface area contributed by atoms with Gasteiger partial charge >= 0.3 is 0 Å². The Morgan fingerprint density at radius 1 is 0.909 bits per heavy atom. The van der Waals surface area contributed by atoms with Gasteiger partial charge in [-0.1, -0.05) is 73.5 Å². The van der Waals surface area contributed by atoms with Gasteiger partial charge in [0.05, 0.1) is 5.84 Å². The summed E-state index contributed by atoms with van der Waals surface area (Å²) in [6.07, 6.45) is 8.42. The van der Waals surface area contributed by atoms with Crippen LogP contribution in [0.2, 0.25) is 0 Å². The summed E-state index contributed by atoms with van der Waals surface area (Å²) in [5.74, 6) is 0.794. The molecule has 6 heteroatoms. The maximum Gasteiger partial charge on any atom is 0.253 e. The summed E-state index contributed by atoms with van der Waals surface area (Å²) in [5.41, 5.74) is 12.5. The van der Waals surface area contributed by atoms with Crippen molar-refractivity contribution in [2.75, 3.05) is 19.6 Å². The van der Waals surface area contributed by atoms with Crippen molar-refractivity contribution < 1.29 is 9.59 Å². The number of unbranched alkanes of at least 4 members (excludes halogenated alkanes) is 3. The Hall–Kier alpha value is -3.93. The molecule has 1 heterocycles. The molecule has 44 heavy (non-hydrogen) atoms. The summed E-state index contributed by atoms with van der Waals surface area (Å²) in [4.78, 5) is 30.9. The molecule has 1 aliphatic carbocycles. The monoisotopic (exact) mass is 592 g/mol. The number of hydrogen-bond donors (Lipinski definition) is 2. The Balaban J connectivity index is 1.31. The minimum atomic E-state index is -0.0154. The van der Waals surface area contributed by atoms with Gasteiger partial charge in [0.25, 0.3) is 5.91 Å². The lowest BCUT2D eigenvalue weighted by Crippen LogP contribution is -2.35. The first-order valence-electron chi connectivity index (χ1n) is 16.6. The zero-order valence-electron chi connectivity index (χ0n) is 26.4. The van der Waals surface area contributed by atoms with Crippen molar-refractivity contribution >= 4 is 17.6 Å². The first-order chi connectivity index (χ1) is 21.4. The smallest absolute Gasteiger partial charge is 0.253 e. The minimum Gasteiger partial charge on any atom is -0.388 e. The van der Waals surface area contributed by atoms with Crippen molar-refractivity contribution in [3.8, 4) is 11.1 Å². The molecule has 3 aromatic carbocycles. The number of aryl methyl sites for hydroxylation is 1. The van der Waals surface area contributed by atoms with Crippen molar-refractivity contribution in [3.05, 3.63) is 95.1 Å². The molecular weight excluding hydrogens is 544 g/mol.